The van der Waals surface area contributed by atoms with Crippen molar-refractivity contribution in [2.75, 3.05) is 12.4 Å². The second-order valence-electron chi connectivity index (χ2n) is 5.70. The van der Waals surface area contributed by atoms with Gasteiger partial charge in [0.05, 0.1) is 17.3 Å². The van der Waals surface area contributed by atoms with Crippen molar-refractivity contribution < 1.29 is 27.4 Å². The Morgan fingerprint density at radius 1 is 1.22 bits per heavy atom. The number of carbonyl (C=O) groups excluding carboxylic acids is 1. The van der Waals surface area contributed by atoms with Gasteiger partial charge in [0.25, 0.3) is 0 Å². The number of benzene rings is 2. The zero-order valence-electron chi connectivity index (χ0n) is 14.4. The number of thiazole rings is 1. The van der Waals surface area contributed by atoms with Gasteiger partial charge in [0.15, 0.2) is 5.01 Å². The topological polar surface area (TPSA) is 60.5 Å². The molecule has 0 bridgehead atoms. The van der Waals surface area contributed by atoms with Gasteiger partial charge < -0.3 is 9.47 Å². The van der Waals surface area contributed by atoms with Crippen LogP contribution >= 0.6 is 11.3 Å². The van der Waals surface area contributed by atoms with Gasteiger partial charge in [-0.25, -0.2) is 9.78 Å². The number of aryl methyl sites for hydroxylation is 1. The number of nitrogens with one attached hydrogen (secondary N) is 1. The minimum absolute atomic E-state index is 0.193. The van der Waals surface area contributed by atoms with Crippen LogP contribution in [0.5, 0.6) is 5.75 Å². The van der Waals surface area contributed by atoms with Crippen LogP contribution in [-0.4, -0.2) is 18.2 Å². The molecule has 142 valence electrons. The molecule has 0 spiro atoms. The fraction of sp³-hybridized carbons (Fsp3) is 0.222. The highest BCUT2D eigenvalue weighted by molar-refractivity contribution is 7.18. The van der Waals surface area contributed by atoms with Gasteiger partial charge in [-0.05, 0) is 48.4 Å². The van der Waals surface area contributed by atoms with E-state index in [1.54, 1.807) is 43.3 Å². The molecule has 0 aliphatic rings. The molecule has 1 amide bonds. The molecule has 0 aliphatic heterocycles. The fourth-order valence-electron chi connectivity index (χ4n) is 2.37. The highest BCUT2D eigenvalue weighted by Gasteiger charge is 2.34. The molecule has 1 N–H and O–H groups in total. The summed E-state index contributed by atoms with van der Waals surface area (Å²) in [5.74, 6) is 0.572. The first-order valence-electron chi connectivity index (χ1n) is 7.81. The molecule has 0 unspecified atom stereocenters. The Labute approximate surface area is 156 Å². The van der Waals surface area contributed by atoms with E-state index >= 15 is 0 Å². The number of nitrogens with zero attached hydrogens (tertiary/aromatic N) is 1. The van der Waals surface area contributed by atoms with Crippen molar-refractivity contribution in [3.8, 4) is 5.75 Å². The summed E-state index contributed by atoms with van der Waals surface area (Å²) in [6.45, 7) is 2.00. The van der Waals surface area contributed by atoms with E-state index in [1.165, 1.54) is 7.11 Å². The van der Waals surface area contributed by atoms with E-state index in [-0.39, 0.29) is 6.61 Å². The number of hydrogen-bond acceptors (Lipinski definition) is 5. The lowest BCUT2D eigenvalue weighted by Crippen LogP contribution is -2.11. The highest BCUT2D eigenvalue weighted by Crippen LogP contribution is 2.35. The maximum absolute atomic E-state index is 12.8. The molecule has 0 saturated carbocycles. The van der Waals surface area contributed by atoms with Crippen LogP contribution in [0, 0.1) is 6.92 Å². The van der Waals surface area contributed by atoms with Crippen molar-refractivity contribution in [3.05, 3.63) is 52.5 Å². The first kappa shape index (κ1) is 19.0. The predicted octanol–water partition coefficient (Wildman–Crippen LogP) is 5.38. The lowest BCUT2D eigenvalue weighted by molar-refractivity contribution is -0.137. The number of halogens is 3. The number of hydrogen-bond donors (Lipinski definition) is 1. The Morgan fingerprint density at radius 3 is 2.67 bits per heavy atom. The molecule has 9 heteroatoms. The number of ether oxygens (including phenoxy) is 2. The van der Waals surface area contributed by atoms with Gasteiger partial charge in [0.2, 0.25) is 0 Å². The van der Waals surface area contributed by atoms with Gasteiger partial charge in [0, 0.05) is 5.69 Å². The van der Waals surface area contributed by atoms with Crippen molar-refractivity contribution in [1.29, 1.82) is 0 Å². The second kappa shape index (κ2) is 7.43. The number of aromatic nitrogens is 1. The molecule has 0 atom stereocenters. The Morgan fingerprint density at radius 2 is 2.00 bits per heavy atom. The minimum Gasteiger partial charge on any atom is -0.489 e. The Kier molecular flexibility index (Phi) is 5.22. The van der Waals surface area contributed by atoms with Crippen LogP contribution in [0.3, 0.4) is 0 Å². The van der Waals surface area contributed by atoms with Crippen molar-refractivity contribution in [2.24, 2.45) is 0 Å². The average molecular weight is 396 g/mol. The fourth-order valence-corrected chi connectivity index (χ4v) is 3.27. The van der Waals surface area contributed by atoms with Crippen molar-refractivity contribution in [2.45, 2.75) is 19.7 Å². The van der Waals surface area contributed by atoms with Crippen molar-refractivity contribution in [3.63, 3.8) is 0 Å². The second-order valence-corrected chi connectivity index (χ2v) is 6.73. The summed E-state index contributed by atoms with van der Waals surface area (Å²) in [6.07, 6.45) is -5.01. The first-order chi connectivity index (χ1) is 12.8. The third-order valence-electron chi connectivity index (χ3n) is 3.72. The third kappa shape index (κ3) is 4.48. The number of alkyl halides is 3. The SMILES string of the molecule is COC(=O)Nc1ccc(OCc2ccc3nc(C(F)(F)F)sc3c2)cc1C. The molecule has 2 aromatic carbocycles. The van der Waals surface area contributed by atoms with Crippen LogP contribution in [-0.2, 0) is 17.5 Å². The summed E-state index contributed by atoms with van der Waals surface area (Å²) in [5, 5.41) is 1.72. The lowest BCUT2D eigenvalue weighted by Gasteiger charge is -2.11. The largest absolute Gasteiger partial charge is 0.489 e. The number of methoxy groups -OCH3 is 1. The van der Waals surface area contributed by atoms with Crippen molar-refractivity contribution in [1.82, 2.24) is 4.98 Å². The molecule has 0 saturated heterocycles. The Balaban J connectivity index is 1.71. The summed E-state index contributed by atoms with van der Waals surface area (Å²) in [6, 6.07) is 9.99. The van der Waals surface area contributed by atoms with Gasteiger partial charge in [-0.15, -0.1) is 11.3 Å². The average Bonchev–Trinajstić information content (AvgIpc) is 3.05. The van der Waals surface area contributed by atoms with E-state index in [0.717, 1.165) is 11.1 Å². The molecule has 1 aromatic heterocycles. The van der Waals surface area contributed by atoms with Crippen LogP contribution in [0.1, 0.15) is 16.1 Å². The zero-order chi connectivity index (χ0) is 19.6. The number of amides is 1. The van der Waals surface area contributed by atoms with E-state index < -0.39 is 17.3 Å². The summed E-state index contributed by atoms with van der Waals surface area (Å²) >= 11 is 0.609. The van der Waals surface area contributed by atoms with E-state index in [4.69, 9.17) is 4.74 Å². The number of fused-ring (bicyclic) bond motifs is 1. The standard InChI is InChI=1S/C18H15F3N2O3S/c1-10-7-12(4-6-13(10)23-17(24)25-2)26-9-11-3-5-14-15(8-11)27-16(22-14)18(19,20)21/h3-8H,9H2,1-2H3,(H,23,24). The zero-order valence-corrected chi connectivity index (χ0v) is 15.2. The highest BCUT2D eigenvalue weighted by atomic mass is 32.1. The number of carbonyl (C=O) groups is 1. The molecule has 0 fully saturated rings. The molecule has 0 radical (unpaired) electrons. The van der Waals surface area contributed by atoms with Gasteiger partial charge in [0.1, 0.15) is 12.4 Å². The van der Waals surface area contributed by atoms with E-state index in [9.17, 15) is 18.0 Å². The Hall–Kier alpha value is -2.81. The van der Waals surface area contributed by atoms with E-state index in [0.29, 0.717) is 33.0 Å². The summed E-state index contributed by atoms with van der Waals surface area (Å²) < 4.78 is 49.0. The summed E-state index contributed by atoms with van der Waals surface area (Å²) in [4.78, 5) is 14.9. The lowest BCUT2D eigenvalue weighted by atomic mass is 10.2. The minimum atomic E-state index is -4.45. The quantitative estimate of drug-likeness (QED) is 0.643. The molecular weight excluding hydrogens is 381 g/mol. The van der Waals surface area contributed by atoms with Crippen molar-refractivity contribution >= 4 is 33.3 Å². The monoisotopic (exact) mass is 396 g/mol. The maximum Gasteiger partial charge on any atom is 0.443 e. The number of anilines is 1. The number of rotatable bonds is 4. The normalized spacial score (nSPS) is 11.4. The molecule has 3 rings (SSSR count). The van der Waals surface area contributed by atoms with E-state index in [1.807, 2.05) is 0 Å². The molecule has 1 heterocycles. The van der Waals surface area contributed by atoms with Gasteiger partial charge in [-0.1, -0.05) is 6.07 Å². The van der Waals surface area contributed by atoms with Crippen LogP contribution in [0.15, 0.2) is 36.4 Å². The molecule has 27 heavy (non-hydrogen) atoms. The third-order valence-corrected chi connectivity index (χ3v) is 4.78. The molecule has 5 nitrogen and oxygen atoms in total. The van der Waals surface area contributed by atoms with Gasteiger partial charge in [-0.3, -0.25) is 5.32 Å². The van der Waals surface area contributed by atoms with Gasteiger partial charge in [-0.2, -0.15) is 13.2 Å². The van der Waals surface area contributed by atoms with Gasteiger partial charge >= 0.3 is 12.3 Å². The smallest absolute Gasteiger partial charge is 0.443 e. The molecule has 0 aliphatic carbocycles. The molecular formula is C18H15F3N2O3S. The Bertz CT molecular complexity index is 986. The summed E-state index contributed by atoms with van der Waals surface area (Å²) in [5.41, 5.74) is 2.42. The van der Waals surface area contributed by atoms with Crippen LogP contribution in [0.25, 0.3) is 10.2 Å². The first-order valence-corrected chi connectivity index (χ1v) is 8.63. The van der Waals surface area contributed by atoms with E-state index in [2.05, 4.69) is 15.0 Å². The molecule has 3 aromatic rings. The maximum atomic E-state index is 12.8. The van der Waals surface area contributed by atoms with Crippen LogP contribution in [0.4, 0.5) is 23.7 Å². The predicted molar refractivity (Wildman–Crippen MR) is 96.2 cm³/mol. The van der Waals surface area contributed by atoms with Crippen LogP contribution < -0.4 is 10.1 Å². The summed E-state index contributed by atoms with van der Waals surface area (Å²) in [7, 11) is 1.28. The van der Waals surface area contributed by atoms with Crippen LogP contribution in [0.2, 0.25) is 0 Å².